The second-order valence-corrected chi connectivity index (χ2v) is 4.32. The predicted molar refractivity (Wildman–Crippen MR) is 58.7 cm³/mol. The van der Waals surface area contributed by atoms with Gasteiger partial charge in [0, 0.05) is 0 Å². The molecule has 0 atom stereocenters. The van der Waals surface area contributed by atoms with Gasteiger partial charge in [-0.1, -0.05) is 6.07 Å². The largest absolute Gasteiger partial charge is 0.378 e. The summed E-state index contributed by atoms with van der Waals surface area (Å²) in [4.78, 5) is 7.24. The highest BCUT2D eigenvalue weighted by Crippen LogP contribution is 2.31. The average Bonchev–Trinajstić information content (AvgIpc) is 2.70. The minimum atomic E-state index is -0.312. The number of nitriles is 1. The number of rotatable bonds is 2. The Morgan fingerprint density at radius 3 is 3.06 bits per heavy atom. The summed E-state index contributed by atoms with van der Waals surface area (Å²) >= 11 is 0. The van der Waals surface area contributed by atoms with Gasteiger partial charge in [0.25, 0.3) is 0 Å². The van der Waals surface area contributed by atoms with E-state index in [0.29, 0.717) is 13.2 Å². The number of hydrogen-bond donors (Lipinski definition) is 1. The SMILES string of the molecule is N#CC1(Cc2ccc3nc[nH]c3c2)COC1. The lowest BCUT2D eigenvalue weighted by atomic mass is 9.81. The van der Waals surface area contributed by atoms with E-state index in [9.17, 15) is 0 Å². The molecule has 0 aliphatic carbocycles. The molecule has 0 saturated carbocycles. The summed E-state index contributed by atoms with van der Waals surface area (Å²) in [6.45, 7) is 1.09. The molecule has 1 aliphatic heterocycles. The molecule has 1 N–H and O–H groups in total. The Morgan fingerprint density at radius 1 is 1.50 bits per heavy atom. The quantitative estimate of drug-likeness (QED) is 0.825. The van der Waals surface area contributed by atoms with Crippen molar-refractivity contribution in [2.45, 2.75) is 6.42 Å². The second-order valence-electron chi connectivity index (χ2n) is 4.32. The van der Waals surface area contributed by atoms with Gasteiger partial charge in [-0.3, -0.25) is 0 Å². The number of fused-ring (bicyclic) bond motifs is 1. The van der Waals surface area contributed by atoms with E-state index in [1.807, 2.05) is 12.1 Å². The van der Waals surface area contributed by atoms with E-state index in [2.05, 4.69) is 22.1 Å². The van der Waals surface area contributed by atoms with Crippen molar-refractivity contribution in [1.29, 1.82) is 5.26 Å². The highest BCUT2D eigenvalue weighted by atomic mass is 16.5. The molecule has 1 aromatic carbocycles. The van der Waals surface area contributed by atoms with Crippen molar-refractivity contribution in [3.05, 3.63) is 30.1 Å². The highest BCUT2D eigenvalue weighted by molar-refractivity contribution is 5.75. The summed E-state index contributed by atoms with van der Waals surface area (Å²) in [5.41, 5.74) is 2.82. The molecule has 1 aliphatic rings. The monoisotopic (exact) mass is 213 g/mol. The number of aromatic nitrogens is 2. The Hall–Kier alpha value is -1.86. The van der Waals surface area contributed by atoms with Crippen LogP contribution in [0.4, 0.5) is 0 Å². The molecule has 4 heteroatoms. The first-order valence-electron chi connectivity index (χ1n) is 5.22. The van der Waals surface area contributed by atoms with Crippen LogP contribution >= 0.6 is 0 Å². The van der Waals surface area contributed by atoms with E-state index in [1.165, 1.54) is 0 Å². The van der Waals surface area contributed by atoms with Gasteiger partial charge in [-0.2, -0.15) is 5.26 Å². The van der Waals surface area contributed by atoms with Gasteiger partial charge in [0.05, 0.1) is 36.6 Å². The maximum atomic E-state index is 9.12. The Balaban J connectivity index is 1.92. The van der Waals surface area contributed by atoms with Crippen molar-refractivity contribution < 1.29 is 4.74 Å². The van der Waals surface area contributed by atoms with E-state index >= 15 is 0 Å². The van der Waals surface area contributed by atoms with E-state index in [-0.39, 0.29) is 5.41 Å². The third kappa shape index (κ3) is 1.37. The summed E-state index contributed by atoms with van der Waals surface area (Å²) in [5.74, 6) is 0. The summed E-state index contributed by atoms with van der Waals surface area (Å²) in [7, 11) is 0. The fourth-order valence-electron chi connectivity index (χ4n) is 2.04. The van der Waals surface area contributed by atoms with Gasteiger partial charge in [0.2, 0.25) is 0 Å². The molecule has 4 nitrogen and oxygen atoms in total. The molecule has 1 fully saturated rings. The lowest BCUT2D eigenvalue weighted by Gasteiger charge is -2.35. The summed E-state index contributed by atoms with van der Waals surface area (Å²) in [6, 6.07) is 8.42. The maximum absolute atomic E-state index is 9.12. The molecule has 0 spiro atoms. The number of imidazole rings is 1. The van der Waals surface area contributed by atoms with Crippen LogP contribution in [0.5, 0.6) is 0 Å². The van der Waals surface area contributed by atoms with Gasteiger partial charge >= 0.3 is 0 Å². The lowest BCUT2D eigenvalue weighted by Crippen LogP contribution is -2.43. The second kappa shape index (κ2) is 3.32. The molecule has 2 heterocycles. The fraction of sp³-hybridized carbons (Fsp3) is 0.333. The van der Waals surface area contributed by atoms with Crippen molar-refractivity contribution in [1.82, 2.24) is 9.97 Å². The third-order valence-corrected chi connectivity index (χ3v) is 3.02. The van der Waals surface area contributed by atoms with Gasteiger partial charge in [-0.25, -0.2) is 4.98 Å². The predicted octanol–water partition coefficient (Wildman–Crippen LogP) is 1.65. The molecule has 2 aromatic rings. The van der Waals surface area contributed by atoms with Crippen molar-refractivity contribution >= 4 is 11.0 Å². The lowest BCUT2D eigenvalue weighted by molar-refractivity contribution is -0.0765. The van der Waals surface area contributed by atoms with Crippen LogP contribution in [0, 0.1) is 16.7 Å². The minimum absolute atomic E-state index is 0.312. The van der Waals surface area contributed by atoms with Crippen LogP contribution in [0.25, 0.3) is 11.0 Å². The third-order valence-electron chi connectivity index (χ3n) is 3.02. The van der Waals surface area contributed by atoms with Crippen LogP contribution in [0.2, 0.25) is 0 Å². The molecule has 0 radical (unpaired) electrons. The van der Waals surface area contributed by atoms with Gasteiger partial charge < -0.3 is 9.72 Å². The van der Waals surface area contributed by atoms with Crippen LogP contribution < -0.4 is 0 Å². The number of aromatic amines is 1. The zero-order chi connectivity index (χ0) is 11.0. The van der Waals surface area contributed by atoms with Crippen molar-refractivity contribution in [3.8, 4) is 6.07 Å². The van der Waals surface area contributed by atoms with E-state index in [0.717, 1.165) is 23.0 Å². The minimum Gasteiger partial charge on any atom is -0.378 e. The van der Waals surface area contributed by atoms with E-state index in [1.54, 1.807) is 6.33 Å². The van der Waals surface area contributed by atoms with Crippen molar-refractivity contribution in [3.63, 3.8) is 0 Å². The molecular weight excluding hydrogens is 202 g/mol. The number of nitrogens with zero attached hydrogens (tertiary/aromatic N) is 2. The molecule has 0 amide bonds. The molecule has 80 valence electrons. The van der Waals surface area contributed by atoms with Crippen molar-refractivity contribution in [2.24, 2.45) is 5.41 Å². The number of benzene rings is 1. The molecule has 3 rings (SSSR count). The van der Waals surface area contributed by atoms with Gasteiger partial charge in [-0.15, -0.1) is 0 Å². The Kier molecular flexibility index (Phi) is 1.95. The Labute approximate surface area is 92.9 Å². The highest BCUT2D eigenvalue weighted by Gasteiger charge is 2.38. The normalized spacial score (nSPS) is 17.9. The smallest absolute Gasteiger partial charge is 0.108 e. The molecular formula is C12H11N3O. The molecule has 16 heavy (non-hydrogen) atoms. The fourth-order valence-corrected chi connectivity index (χ4v) is 2.04. The van der Waals surface area contributed by atoms with Crippen LogP contribution in [-0.4, -0.2) is 23.2 Å². The zero-order valence-electron chi connectivity index (χ0n) is 8.73. The van der Waals surface area contributed by atoms with Gasteiger partial charge in [0.15, 0.2) is 0 Å². The number of nitrogens with one attached hydrogen (secondary N) is 1. The topological polar surface area (TPSA) is 61.7 Å². The molecule has 0 unspecified atom stereocenters. The first kappa shape index (κ1) is 9.37. The van der Waals surface area contributed by atoms with E-state index < -0.39 is 0 Å². The summed E-state index contributed by atoms with van der Waals surface area (Å²) in [5, 5.41) is 9.12. The van der Waals surface area contributed by atoms with E-state index in [4.69, 9.17) is 10.00 Å². The number of ether oxygens (including phenoxy) is 1. The molecule has 1 aromatic heterocycles. The van der Waals surface area contributed by atoms with Gasteiger partial charge in [-0.05, 0) is 24.1 Å². The van der Waals surface area contributed by atoms with Gasteiger partial charge in [0.1, 0.15) is 5.41 Å². The standard InChI is InChI=1S/C12H11N3O/c13-5-12(6-16-7-12)4-9-1-2-10-11(3-9)15-8-14-10/h1-3,8H,4,6-7H2,(H,14,15). The zero-order valence-corrected chi connectivity index (χ0v) is 8.73. The average molecular weight is 213 g/mol. The van der Waals surface area contributed by atoms with Crippen LogP contribution in [0.3, 0.4) is 0 Å². The Bertz CT molecular complexity index is 563. The molecule has 0 bridgehead atoms. The first-order chi connectivity index (χ1) is 7.81. The summed E-state index contributed by atoms with van der Waals surface area (Å²) in [6.07, 6.45) is 2.43. The molecule has 1 saturated heterocycles. The van der Waals surface area contributed by atoms with Crippen LogP contribution in [0.1, 0.15) is 5.56 Å². The van der Waals surface area contributed by atoms with Crippen molar-refractivity contribution in [2.75, 3.05) is 13.2 Å². The maximum Gasteiger partial charge on any atom is 0.108 e. The number of H-pyrrole nitrogens is 1. The van der Waals surface area contributed by atoms with Crippen LogP contribution in [0.15, 0.2) is 24.5 Å². The van der Waals surface area contributed by atoms with Crippen LogP contribution in [-0.2, 0) is 11.2 Å². The first-order valence-corrected chi connectivity index (χ1v) is 5.22. The number of hydrogen-bond acceptors (Lipinski definition) is 3. The Morgan fingerprint density at radius 2 is 2.38 bits per heavy atom. The summed E-state index contributed by atoms with van der Waals surface area (Å²) < 4.78 is 5.13.